The summed E-state index contributed by atoms with van der Waals surface area (Å²) in [5, 5.41) is 0. The van der Waals surface area contributed by atoms with Gasteiger partial charge in [0, 0.05) is 0 Å². The minimum Gasteiger partial charge on any atom is -0.324 e. The molecule has 376 valence electrons. The third-order valence-corrected chi connectivity index (χ3v) is 14.9. The van der Waals surface area contributed by atoms with Crippen LogP contribution in [0.3, 0.4) is 0 Å². The van der Waals surface area contributed by atoms with E-state index >= 15 is 0 Å². The summed E-state index contributed by atoms with van der Waals surface area (Å²) in [5.41, 5.74) is 0. The lowest BCUT2D eigenvalue weighted by atomic mass is 10.0. The molecule has 0 aliphatic carbocycles. The Morgan fingerprint density at radius 3 is 0.339 bits per heavy atom. The number of hydrogen-bond donors (Lipinski definition) is 0. The van der Waals surface area contributed by atoms with E-state index in [4.69, 9.17) is 0 Å². The highest BCUT2D eigenvalue weighted by atomic mass is 15.4. The summed E-state index contributed by atoms with van der Waals surface area (Å²) < 4.78 is 2.94. The van der Waals surface area contributed by atoms with E-state index in [1.807, 2.05) is 0 Å². The first-order chi connectivity index (χ1) is 30.5. The minimum atomic E-state index is 1.37. The van der Waals surface area contributed by atoms with Crippen molar-refractivity contribution in [3.8, 4) is 0 Å². The molecular formula is C60H128N2+2. The van der Waals surface area contributed by atoms with E-state index in [-0.39, 0.29) is 0 Å². The SMILES string of the molecule is CCCCCCCC[N+](CCCCCCCC)(CCCCCCCC)CCCCCCCC.CCCCCCC[N+](CCCCCCC)(CCCCCCC)CCCCCCC. The van der Waals surface area contributed by atoms with Gasteiger partial charge in [-0.3, -0.25) is 0 Å². The number of quaternary nitrogens is 2. The Morgan fingerprint density at radius 2 is 0.226 bits per heavy atom. The van der Waals surface area contributed by atoms with Gasteiger partial charge in [-0.1, -0.05) is 235 Å². The van der Waals surface area contributed by atoms with Crippen LogP contribution in [0.5, 0.6) is 0 Å². The highest BCUT2D eigenvalue weighted by Gasteiger charge is 2.27. The molecule has 0 unspecified atom stereocenters. The average Bonchev–Trinajstić information content (AvgIpc) is 3.28. The average molecular weight is 878 g/mol. The van der Waals surface area contributed by atoms with Crippen molar-refractivity contribution in [1.29, 1.82) is 0 Å². The minimum absolute atomic E-state index is 1.37. The van der Waals surface area contributed by atoms with E-state index in [1.165, 1.54) is 344 Å². The zero-order valence-corrected chi connectivity index (χ0v) is 45.7. The molecule has 0 aromatic heterocycles. The molecule has 0 atom stereocenters. The van der Waals surface area contributed by atoms with Crippen LogP contribution in [-0.2, 0) is 0 Å². The van der Waals surface area contributed by atoms with Crippen LogP contribution in [0.15, 0.2) is 0 Å². The molecule has 0 radical (unpaired) electrons. The summed E-state index contributed by atoms with van der Waals surface area (Å²) in [6, 6.07) is 0. The summed E-state index contributed by atoms with van der Waals surface area (Å²) in [5.74, 6) is 0. The van der Waals surface area contributed by atoms with Crippen LogP contribution in [0.4, 0.5) is 0 Å². The Morgan fingerprint density at radius 1 is 0.129 bits per heavy atom. The summed E-state index contributed by atoms with van der Waals surface area (Å²) >= 11 is 0. The molecule has 0 bridgehead atoms. The van der Waals surface area contributed by atoms with Gasteiger partial charge in [0.05, 0.1) is 52.4 Å². The first kappa shape index (κ1) is 64.0. The van der Waals surface area contributed by atoms with Gasteiger partial charge in [-0.2, -0.15) is 0 Å². The second kappa shape index (κ2) is 53.5. The first-order valence-corrected chi connectivity index (χ1v) is 30.2. The maximum absolute atomic E-state index is 2.34. The Balaban J connectivity index is 0. The highest BCUT2D eigenvalue weighted by molar-refractivity contribution is 4.57. The molecule has 0 aromatic rings. The van der Waals surface area contributed by atoms with E-state index in [1.54, 1.807) is 0 Å². The van der Waals surface area contributed by atoms with Crippen LogP contribution in [0.1, 0.15) is 338 Å². The van der Waals surface area contributed by atoms with Crippen molar-refractivity contribution in [2.75, 3.05) is 52.4 Å². The number of hydrogen-bond acceptors (Lipinski definition) is 0. The molecule has 2 heteroatoms. The maximum Gasteiger partial charge on any atom is 0.0786 e. The Bertz CT molecular complexity index is 646. The zero-order chi connectivity index (χ0) is 45.8. The van der Waals surface area contributed by atoms with Crippen molar-refractivity contribution in [3.63, 3.8) is 0 Å². The van der Waals surface area contributed by atoms with Crippen LogP contribution < -0.4 is 0 Å². The van der Waals surface area contributed by atoms with Gasteiger partial charge >= 0.3 is 0 Å². The largest absolute Gasteiger partial charge is 0.324 e. The molecule has 0 heterocycles. The van der Waals surface area contributed by atoms with Crippen LogP contribution in [-0.4, -0.2) is 61.3 Å². The van der Waals surface area contributed by atoms with Crippen LogP contribution in [0.25, 0.3) is 0 Å². The topological polar surface area (TPSA) is 0 Å². The van der Waals surface area contributed by atoms with Crippen LogP contribution >= 0.6 is 0 Å². The van der Waals surface area contributed by atoms with Crippen LogP contribution in [0, 0.1) is 0 Å². The third kappa shape index (κ3) is 45.1. The summed E-state index contributed by atoms with van der Waals surface area (Å²) in [7, 11) is 0. The fourth-order valence-corrected chi connectivity index (χ4v) is 10.5. The smallest absolute Gasteiger partial charge is 0.0786 e. The standard InChI is InChI=1S/C32H68N.C28H60N/c1-5-9-13-17-21-25-29-33(30-26-22-18-14-10-6-2,31-27-23-19-15-11-7-3)32-28-24-20-16-12-8-4;1-5-9-13-17-21-25-29(26-22-18-14-10-6-2,27-23-19-15-11-7-3)28-24-20-16-12-8-4/h5-32H2,1-4H3;5-28H2,1-4H3/q2*+1. The van der Waals surface area contributed by atoms with Crippen molar-refractivity contribution < 1.29 is 8.97 Å². The van der Waals surface area contributed by atoms with Crippen LogP contribution in [0.2, 0.25) is 0 Å². The molecule has 0 aliphatic rings. The Labute approximate surface area is 397 Å². The Hall–Kier alpha value is -0.0800. The van der Waals surface area contributed by atoms with Crippen molar-refractivity contribution in [3.05, 3.63) is 0 Å². The van der Waals surface area contributed by atoms with Gasteiger partial charge in [-0.15, -0.1) is 0 Å². The first-order valence-electron chi connectivity index (χ1n) is 30.2. The van der Waals surface area contributed by atoms with Gasteiger partial charge in [-0.25, -0.2) is 0 Å². The fourth-order valence-electron chi connectivity index (χ4n) is 10.5. The lowest BCUT2D eigenvalue weighted by molar-refractivity contribution is -0.929. The molecule has 0 N–H and O–H groups in total. The van der Waals surface area contributed by atoms with Gasteiger partial charge in [0.25, 0.3) is 0 Å². The number of nitrogens with zero attached hydrogens (tertiary/aromatic N) is 2. The Kier molecular flexibility index (Phi) is 55.3. The van der Waals surface area contributed by atoms with Gasteiger partial charge in [0.1, 0.15) is 0 Å². The van der Waals surface area contributed by atoms with E-state index in [0.717, 1.165) is 0 Å². The van der Waals surface area contributed by atoms with E-state index in [9.17, 15) is 0 Å². The maximum atomic E-state index is 2.34. The quantitative estimate of drug-likeness (QED) is 0.0422. The molecule has 62 heavy (non-hydrogen) atoms. The monoisotopic (exact) mass is 877 g/mol. The van der Waals surface area contributed by atoms with E-state index in [0.29, 0.717) is 0 Å². The molecule has 0 aromatic carbocycles. The summed E-state index contributed by atoms with van der Waals surface area (Å²) in [6.07, 6.45) is 63.6. The van der Waals surface area contributed by atoms with Crippen molar-refractivity contribution in [2.45, 2.75) is 338 Å². The second-order valence-corrected chi connectivity index (χ2v) is 21.2. The molecule has 0 aliphatic heterocycles. The fraction of sp³-hybridized carbons (Fsp3) is 1.00. The highest BCUT2D eigenvalue weighted by Crippen LogP contribution is 2.22. The van der Waals surface area contributed by atoms with Gasteiger partial charge < -0.3 is 8.97 Å². The van der Waals surface area contributed by atoms with E-state index in [2.05, 4.69) is 55.4 Å². The molecule has 0 rings (SSSR count). The summed E-state index contributed by atoms with van der Waals surface area (Å²) in [4.78, 5) is 0. The molecule has 2 nitrogen and oxygen atoms in total. The molecular weight excluding hydrogens is 749 g/mol. The molecule has 0 amide bonds. The van der Waals surface area contributed by atoms with Crippen molar-refractivity contribution in [2.24, 2.45) is 0 Å². The van der Waals surface area contributed by atoms with Crippen molar-refractivity contribution in [1.82, 2.24) is 0 Å². The lowest BCUT2D eigenvalue weighted by Crippen LogP contribution is -2.50. The predicted octanol–water partition coefficient (Wildman–Crippen LogP) is 20.9. The third-order valence-electron chi connectivity index (χ3n) is 14.9. The van der Waals surface area contributed by atoms with Gasteiger partial charge in [0.2, 0.25) is 0 Å². The van der Waals surface area contributed by atoms with Crippen molar-refractivity contribution >= 4 is 0 Å². The van der Waals surface area contributed by atoms with E-state index < -0.39 is 0 Å². The predicted molar refractivity (Wildman–Crippen MR) is 288 cm³/mol. The van der Waals surface area contributed by atoms with Gasteiger partial charge in [-0.05, 0) is 103 Å². The van der Waals surface area contributed by atoms with Gasteiger partial charge in [0.15, 0.2) is 0 Å². The number of rotatable bonds is 52. The lowest BCUT2D eigenvalue weighted by Gasteiger charge is -2.40. The molecule has 0 spiro atoms. The normalized spacial score (nSPS) is 12.0. The molecule has 0 saturated heterocycles. The number of unbranched alkanes of at least 4 members (excludes halogenated alkanes) is 36. The summed E-state index contributed by atoms with van der Waals surface area (Å²) in [6.45, 7) is 30.5. The second-order valence-electron chi connectivity index (χ2n) is 21.2. The molecule has 0 saturated carbocycles. The molecule has 0 fully saturated rings. The zero-order valence-electron chi connectivity index (χ0n) is 45.7.